The average Bonchev–Trinajstić information content (AvgIpc) is 3.49. The fourth-order valence-electron chi connectivity index (χ4n) is 4.74. The zero-order valence-electron chi connectivity index (χ0n) is 20.0. The Labute approximate surface area is 209 Å². The van der Waals surface area contributed by atoms with Gasteiger partial charge in [0.2, 0.25) is 11.8 Å². The molecule has 2 amide bonds. The van der Waals surface area contributed by atoms with Gasteiger partial charge in [-0.2, -0.15) is 0 Å². The highest BCUT2D eigenvalue weighted by Gasteiger charge is 2.23. The molecule has 7 nitrogen and oxygen atoms in total. The van der Waals surface area contributed by atoms with Gasteiger partial charge >= 0.3 is 0 Å². The SMILES string of the molecule is COc1ccc2c(c1)c(CC(=O)NCCNC(=O)C1CCCC1)c(C)n2C(=O)c1ccc(Cl)cc1. The van der Waals surface area contributed by atoms with Crippen molar-refractivity contribution in [2.45, 2.75) is 39.0 Å². The maximum atomic E-state index is 13.4. The summed E-state index contributed by atoms with van der Waals surface area (Å²) < 4.78 is 7.01. The van der Waals surface area contributed by atoms with Crippen molar-refractivity contribution in [3.05, 3.63) is 64.3 Å². The quantitative estimate of drug-likeness (QED) is 0.457. The van der Waals surface area contributed by atoms with Gasteiger partial charge in [-0.25, -0.2) is 0 Å². The van der Waals surface area contributed by atoms with Gasteiger partial charge in [-0.3, -0.25) is 19.0 Å². The van der Waals surface area contributed by atoms with E-state index in [1.54, 1.807) is 42.0 Å². The van der Waals surface area contributed by atoms with Crippen molar-refractivity contribution >= 4 is 40.2 Å². The minimum absolute atomic E-state index is 0.0727. The lowest BCUT2D eigenvalue weighted by atomic mass is 10.1. The fraction of sp³-hybridized carbons (Fsp3) is 0.370. The monoisotopic (exact) mass is 495 g/mol. The van der Waals surface area contributed by atoms with E-state index in [9.17, 15) is 14.4 Å². The zero-order valence-corrected chi connectivity index (χ0v) is 20.8. The number of fused-ring (bicyclic) bond motifs is 1. The van der Waals surface area contributed by atoms with E-state index < -0.39 is 0 Å². The number of benzene rings is 2. The lowest BCUT2D eigenvalue weighted by molar-refractivity contribution is -0.125. The van der Waals surface area contributed by atoms with Crippen molar-refractivity contribution in [1.29, 1.82) is 0 Å². The predicted octanol–water partition coefficient (Wildman–Crippen LogP) is 4.27. The molecule has 0 unspecified atom stereocenters. The first kappa shape index (κ1) is 24.8. The third-order valence-electron chi connectivity index (χ3n) is 6.65. The summed E-state index contributed by atoms with van der Waals surface area (Å²) >= 11 is 5.99. The number of nitrogens with zero attached hydrogens (tertiary/aromatic N) is 1. The molecule has 3 aromatic rings. The summed E-state index contributed by atoms with van der Waals surface area (Å²) in [6.45, 7) is 2.58. The number of aromatic nitrogens is 1. The molecule has 0 saturated heterocycles. The minimum Gasteiger partial charge on any atom is -0.497 e. The number of halogens is 1. The van der Waals surface area contributed by atoms with Crippen molar-refractivity contribution in [2.75, 3.05) is 20.2 Å². The summed E-state index contributed by atoms with van der Waals surface area (Å²) in [4.78, 5) is 38.3. The van der Waals surface area contributed by atoms with Crippen LogP contribution in [-0.2, 0) is 16.0 Å². The molecule has 1 aliphatic carbocycles. The number of ether oxygens (including phenoxy) is 1. The van der Waals surface area contributed by atoms with Crippen LogP contribution in [0.1, 0.15) is 47.3 Å². The number of carbonyl (C=O) groups excluding carboxylic acids is 3. The Morgan fingerprint density at radius 2 is 1.71 bits per heavy atom. The Morgan fingerprint density at radius 3 is 2.40 bits per heavy atom. The summed E-state index contributed by atoms with van der Waals surface area (Å²) in [5, 5.41) is 7.13. The van der Waals surface area contributed by atoms with Gasteiger partial charge in [0.25, 0.3) is 5.91 Å². The molecule has 0 aliphatic heterocycles. The van der Waals surface area contributed by atoms with Gasteiger partial charge in [-0.05, 0) is 67.8 Å². The van der Waals surface area contributed by atoms with Gasteiger partial charge < -0.3 is 15.4 Å². The van der Waals surface area contributed by atoms with Crippen molar-refractivity contribution in [1.82, 2.24) is 15.2 Å². The average molecular weight is 496 g/mol. The maximum absolute atomic E-state index is 13.4. The molecular weight excluding hydrogens is 466 g/mol. The molecule has 0 atom stereocenters. The predicted molar refractivity (Wildman–Crippen MR) is 136 cm³/mol. The molecule has 2 N–H and O–H groups in total. The molecular formula is C27H30ClN3O4. The van der Waals surface area contributed by atoms with Crippen LogP contribution in [0.4, 0.5) is 0 Å². The van der Waals surface area contributed by atoms with E-state index >= 15 is 0 Å². The van der Waals surface area contributed by atoms with E-state index in [1.807, 2.05) is 19.1 Å². The molecule has 1 fully saturated rings. The molecule has 4 rings (SSSR count). The van der Waals surface area contributed by atoms with E-state index in [0.29, 0.717) is 40.6 Å². The van der Waals surface area contributed by atoms with Gasteiger partial charge in [-0.1, -0.05) is 24.4 Å². The van der Waals surface area contributed by atoms with Gasteiger partial charge in [0.05, 0.1) is 19.0 Å². The highest BCUT2D eigenvalue weighted by atomic mass is 35.5. The van der Waals surface area contributed by atoms with Crippen molar-refractivity contribution in [2.24, 2.45) is 5.92 Å². The maximum Gasteiger partial charge on any atom is 0.262 e. The molecule has 1 heterocycles. The highest BCUT2D eigenvalue weighted by Crippen LogP contribution is 2.31. The largest absolute Gasteiger partial charge is 0.497 e. The van der Waals surface area contributed by atoms with Crippen molar-refractivity contribution in [3.63, 3.8) is 0 Å². The van der Waals surface area contributed by atoms with Crippen molar-refractivity contribution < 1.29 is 19.1 Å². The molecule has 1 saturated carbocycles. The van der Waals surface area contributed by atoms with E-state index in [4.69, 9.17) is 16.3 Å². The number of rotatable bonds is 8. The van der Waals surface area contributed by atoms with E-state index in [0.717, 1.165) is 36.6 Å². The summed E-state index contributed by atoms with van der Waals surface area (Å²) in [6, 6.07) is 12.2. The molecule has 2 aromatic carbocycles. The van der Waals surface area contributed by atoms with Gasteiger partial charge in [0, 0.05) is 40.7 Å². The Morgan fingerprint density at radius 1 is 1.03 bits per heavy atom. The second kappa shape index (κ2) is 11.0. The minimum atomic E-state index is -0.199. The highest BCUT2D eigenvalue weighted by molar-refractivity contribution is 6.30. The van der Waals surface area contributed by atoms with Crippen LogP contribution >= 0.6 is 11.6 Å². The second-order valence-electron chi connectivity index (χ2n) is 8.89. The number of amides is 2. The van der Waals surface area contributed by atoms with E-state index in [-0.39, 0.29) is 30.1 Å². The van der Waals surface area contributed by atoms with E-state index in [1.165, 1.54) is 0 Å². The number of hydrogen-bond acceptors (Lipinski definition) is 4. The number of carbonyl (C=O) groups is 3. The van der Waals surface area contributed by atoms with Crippen LogP contribution in [0, 0.1) is 12.8 Å². The van der Waals surface area contributed by atoms with Crippen LogP contribution in [-0.4, -0.2) is 42.5 Å². The van der Waals surface area contributed by atoms with Crippen LogP contribution in [0.3, 0.4) is 0 Å². The first-order valence-corrected chi connectivity index (χ1v) is 12.3. The molecule has 184 valence electrons. The first-order valence-electron chi connectivity index (χ1n) is 11.9. The standard InChI is InChI=1S/C27H30ClN3O4/c1-17-22(16-25(32)29-13-14-30-26(33)18-5-3-4-6-18)23-15-21(35-2)11-12-24(23)31(17)27(34)19-7-9-20(28)10-8-19/h7-12,15,18H,3-6,13-14,16H2,1-2H3,(H,29,32)(H,30,33). The Balaban J connectivity index is 1.51. The van der Waals surface area contributed by atoms with E-state index in [2.05, 4.69) is 10.6 Å². The number of methoxy groups -OCH3 is 1. The van der Waals surface area contributed by atoms with Crippen LogP contribution in [0.15, 0.2) is 42.5 Å². The third-order valence-corrected chi connectivity index (χ3v) is 6.90. The summed E-state index contributed by atoms with van der Waals surface area (Å²) in [6.07, 6.45) is 4.20. The van der Waals surface area contributed by atoms with Crippen LogP contribution in [0.5, 0.6) is 5.75 Å². The Hall–Kier alpha value is -3.32. The Kier molecular flexibility index (Phi) is 7.76. The lowest BCUT2D eigenvalue weighted by Crippen LogP contribution is -2.37. The molecule has 0 bridgehead atoms. The fourth-order valence-corrected chi connectivity index (χ4v) is 4.86. The molecule has 8 heteroatoms. The molecule has 0 radical (unpaired) electrons. The molecule has 0 spiro atoms. The molecule has 1 aromatic heterocycles. The number of hydrogen-bond donors (Lipinski definition) is 2. The topological polar surface area (TPSA) is 89.4 Å². The lowest BCUT2D eigenvalue weighted by Gasteiger charge is -2.11. The third kappa shape index (κ3) is 5.51. The first-order chi connectivity index (χ1) is 16.9. The van der Waals surface area contributed by atoms with Crippen molar-refractivity contribution in [3.8, 4) is 5.75 Å². The van der Waals surface area contributed by atoms with Gasteiger partial charge in [-0.15, -0.1) is 0 Å². The Bertz CT molecular complexity index is 1240. The van der Waals surface area contributed by atoms with Crippen LogP contribution in [0.2, 0.25) is 5.02 Å². The second-order valence-corrected chi connectivity index (χ2v) is 9.33. The normalized spacial score (nSPS) is 13.7. The summed E-state index contributed by atoms with van der Waals surface area (Å²) in [7, 11) is 1.58. The van der Waals surface area contributed by atoms with Crippen LogP contribution < -0.4 is 15.4 Å². The molecule has 1 aliphatic rings. The van der Waals surface area contributed by atoms with Gasteiger partial charge in [0.1, 0.15) is 5.75 Å². The summed E-state index contributed by atoms with van der Waals surface area (Å²) in [5.41, 5.74) is 2.65. The zero-order chi connectivity index (χ0) is 24.9. The smallest absolute Gasteiger partial charge is 0.262 e. The van der Waals surface area contributed by atoms with Crippen LogP contribution in [0.25, 0.3) is 10.9 Å². The number of nitrogens with one attached hydrogen (secondary N) is 2. The van der Waals surface area contributed by atoms with Gasteiger partial charge in [0.15, 0.2) is 0 Å². The molecule has 35 heavy (non-hydrogen) atoms. The summed E-state index contributed by atoms with van der Waals surface area (Å²) in [5.74, 6) is 0.445.